The molecule has 214 valence electrons. The first-order chi connectivity index (χ1) is 18.7. The summed E-state index contributed by atoms with van der Waals surface area (Å²) in [5.41, 5.74) is 0.926. The van der Waals surface area contributed by atoms with Crippen LogP contribution in [0.2, 0.25) is 0 Å². The minimum Gasteiger partial charge on any atom is -0.510 e. The molecule has 7 nitrogen and oxygen atoms in total. The monoisotopic (exact) mass is 586 g/mol. The molecule has 0 aliphatic carbocycles. The van der Waals surface area contributed by atoms with Gasteiger partial charge in [-0.05, 0) is 42.5 Å². The molecule has 18 heteroatoms. The average Bonchev–Trinajstić information content (AvgIpc) is 2.79. The number of hydrogen-bond acceptors (Lipinski definition) is 5. The number of carbonyl (C=O) groups is 2. The van der Waals surface area contributed by atoms with Crippen LogP contribution >= 0.6 is 0 Å². The van der Waals surface area contributed by atoms with Gasteiger partial charge in [-0.15, -0.1) is 13.2 Å². The Balaban J connectivity index is 2.12. The normalized spacial score (nSPS) is 12.0. The molecule has 0 spiro atoms. The number of benzene rings is 3. The highest BCUT2D eigenvalue weighted by atomic mass is 19.4. The van der Waals surface area contributed by atoms with Crippen LogP contribution < -0.4 is 25.3 Å². The number of hydrogen-bond donors (Lipinski definition) is 2. The van der Waals surface area contributed by atoms with Crippen molar-refractivity contribution in [3.8, 4) is 23.0 Å². The van der Waals surface area contributed by atoms with Crippen molar-refractivity contribution >= 4 is 41.0 Å². The molecule has 0 aromatic heterocycles. The topological polar surface area (TPSA) is 99.9 Å². The summed E-state index contributed by atoms with van der Waals surface area (Å²) in [7, 11) is 4.56. The number of halogens is 8. The average molecular weight is 586 g/mol. The summed E-state index contributed by atoms with van der Waals surface area (Å²) in [5.74, 6) is -8.20. The van der Waals surface area contributed by atoms with Crippen molar-refractivity contribution in [3.05, 3.63) is 76.9 Å². The fourth-order valence-corrected chi connectivity index (χ4v) is 3.36. The molecule has 0 aliphatic rings. The zero-order valence-electron chi connectivity index (χ0n) is 21.3. The summed E-state index contributed by atoms with van der Waals surface area (Å²) in [6.07, 6.45) is -10.3. The van der Waals surface area contributed by atoms with Gasteiger partial charge in [0.05, 0.1) is 11.1 Å². The van der Waals surface area contributed by atoms with Crippen molar-refractivity contribution in [2.45, 2.75) is 17.8 Å². The minimum atomic E-state index is -5.25. The van der Waals surface area contributed by atoms with Crippen molar-refractivity contribution in [2.75, 3.05) is 5.32 Å². The van der Waals surface area contributed by atoms with Crippen LogP contribution in [0.3, 0.4) is 0 Å². The molecule has 0 radical (unpaired) electrons. The van der Waals surface area contributed by atoms with Gasteiger partial charge in [-0.3, -0.25) is 9.59 Å². The standard InChI is InChI=1S/C23H17B3F8N2O5/c24-22(25,26)41-16-8-10(40-23(32,33)34)2-5-14(16)39-15-6-3-12(21(29,30)31)18(28)17(15)20(38)36-9-1-4-13(27)11(7-9)19(35)37/h1-8H,24-26H2,(H2,35,37)(H,36,38). The third-order valence-electron chi connectivity index (χ3n) is 4.91. The Morgan fingerprint density at radius 1 is 0.805 bits per heavy atom. The van der Waals surface area contributed by atoms with E-state index in [-0.39, 0.29) is 11.8 Å². The molecule has 3 aromatic rings. The number of carbonyl (C=O) groups excluding carboxylic acids is 2. The Morgan fingerprint density at radius 2 is 1.44 bits per heavy atom. The second-order valence-electron chi connectivity index (χ2n) is 9.28. The lowest BCUT2D eigenvalue weighted by Crippen LogP contribution is -2.37. The maximum Gasteiger partial charge on any atom is 0.573 e. The van der Waals surface area contributed by atoms with Crippen LogP contribution in [0.4, 0.5) is 40.8 Å². The summed E-state index contributed by atoms with van der Waals surface area (Å²) < 4.78 is 123. The van der Waals surface area contributed by atoms with Gasteiger partial charge in [0.2, 0.25) is 0 Å². The highest BCUT2D eigenvalue weighted by Gasteiger charge is 2.38. The third kappa shape index (κ3) is 8.08. The number of nitrogens with one attached hydrogen (secondary N) is 1. The largest absolute Gasteiger partial charge is 0.573 e. The van der Waals surface area contributed by atoms with Crippen LogP contribution in [0.1, 0.15) is 26.3 Å². The fraction of sp³-hybridized carbons (Fsp3) is 0.130. The number of alkyl halides is 6. The van der Waals surface area contributed by atoms with E-state index in [0.717, 1.165) is 36.4 Å². The zero-order chi connectivity index (χ0) is 30.9. The van der Waals surface area contributed by atoms with E-state index in [1.54, 1.807) is 0 Å². The van der Waals surface area contributed by atoms with Gasteiger partial charge in [-0.2, -0.15) is 13.2 Å². The van der Waals surface area contributed by atoms with E-state index in [0.29, 0.717) is 6.07 Å². The Kier molecular flexibility index (Phi) is 8.55. The maximum atomic E-state index is 15.2. The molecule has 0 saturated heterocycles. The molecule has 0 aliphatic heterocycles. The zero-order valence-corrected chi connectivity index (χ0v) is 21.3. The molecule has 0 saturated carbocycles. The lowest BCUT2D eigenvalue weighted by molar-refractivity contribution is -0.274. The molecule has 2 amide bonds. The SMILES string of the molecule is BC(B)(B)Oc1cc(OC(F)(F)F)ccc1Oc1ccc(C(F)(F)F)c(F)c1C(=O)Nc1ccc(F)c(C(N)=O)c1. The second kappa shape index (κ2) is 11.3. The first kappa shape index (κ1) is 31.2. The highest BCUT2D eigenvalue weighted by Crippen LogP contribution is 2.41. The van der Waals surface area contributed by atoms with Crippen molar-refractivity contribution in [1.29, 1.82) is 0 Å². The van der Waals surface area contributed by atoms with Crippen molar-refractivity contribution < 1.29 is 58.9 Å². The molecule has 0 unspecified atom stereocenters. The number of anilines is 1. The van der Waals surface area contributed by atoms with E-state index >= 15 is 4.39 Å². The summed E-state index contributed by atoms with van der Waals surface area (Å²) in [6.45, 7) is 0. The molecule has 41 heavy (non-hydrogen) atoms. The predicted molar refractivity (Wildman–Crippen MR) is 136 cm³/mol. The van der Waals surface area contributed by atoms with Crippen molar-refractivity contribution in [1.82, 2.24) is 0 Å². The number of nitrogens with two attached hydrogens (primary N) is 1. The molecule has 0 fully saturated rings. The van der Waals surface area contributed by atoms with E-state index < -0.39 is 81.0 Å². The maximum absolute atomic E-state index is 15.2. The third-order valence-corrected chi connectivity index (χ3v) is 4.91. The van der Waals surface area contributed by atoms with Gasteiger partial charge in [0, 0.05) is 17.1 Å². The van der Waals surface area contributed by atoms with Gasteiger partial charge in [0.25, 0.3) is 11.8 Å². The smallest absolute Gasteiger partial charge is 0.510 e. The second-order valence-corrected chi connectivity index (χ2v) is 9.28. The summed E-state index contributed by atoms with van der Waals surface area (Å²) in [6, 6.07) is 5.81. The van der Waals surface area contributed by atoms with E-state index in [4.69, 9.17) is 15.2 Å². The van der Waals surface area contributed by atoms with Crippen LogP contribution in [-0.2, 0) is 6.18 Å². The quantitative estimate of drug-likeness (QED) is 0.313. The lowest BCUT2D eigenvalue weighted by Gasteiger charge is -2.25. The van der Waals surface area contributed by atoms with Crippen molar-refractivity contribution in [3.63, 3.8) is 0 Å². The van der Waals surface area contributed by atoms with Crippen molar-refractivity contribution in [2.24, 2.45) is 5.73 Å². The van der Waals surface area contributed by atoms with Gasteiger partial charge in [-0.1, -0.05) is 0 Å². The number of amides is 2. The summed E-state index contributed by atoms with van der Waals surface area (Å²) in [4.78, 5) is 24.4. The Hall–Kier alpha value is -4.37. The first-order valence-electron chi connectivity index (χ1n) is 11.3. The Labute approximate surface area is 229 Å². The Morgan fingerprint density at radius 3 is 2.00 bits per heavy atom. The molecule has 3 N–H and O–H groups in total. The van der Waals surface area contributed by atoms with Gasteiger partial charge in [0.1, 0.15) is 46.4 Å². The van der Waals surface area contributed by atoms with E-state index in [2.05, 4.69) is 4.74 Å². The van der Waals surface area contributed by atoms with E-state index in [1.165, 1.54) is 23.5 Å². The molecular formula is C23H17B3F8N2O5. The number of primary amides is 1. The van der Waals surface area contributed by atoms with E-state index in [9.17, 15) is 40.3 Å². The Bertz CT molecular complexity index is 1490. The number of ether oxygens (including phenoxy) is 3. The lowest BCUT2D eigenvalue weighted by atomic mass is 9.52. The highest BCUT2D eigenvalue weighted by molar-refractivity contribution is 6.58. The van der Waals surface area contributed by atoms with Crippen LogP contribution in [0.25, 0.3) is 0 Å². The van der Waals surface area contributed by atoms with Gasteiger partial charge in [0.15, 0.2) is 17.3 Å². The molecule has 3 rings (SSSR count). The summed E-state index contributed by atoms with van der Waals surface area (Å²) >= 11 is 0. The summed E-state index contributed by atoms with van der Waals surface area (Å²) in [5, 5.41) is 0.997. The number of rotatable bonds is 8. The van der Waals surface area contributed by atoms with Gasteiger partial charge >= 0.3 is 12.5 Å². The van der Waals surface area contributed by atoms with Crippen LogP contribution in [-0.4, -0.2) is 47.0 Å². The molecular weight excluding hydrogens is 569 g/mol. The van der Waals surface area contributed by atoms with Gasteiger partial charge in [-0.25, -0.2) is 8.78 Å². The molecule has 0 heterocycles. The van der Waals surface area contributed by atoms with Gasteiger partial charge < -0.3 is 25.3 Å². The minimum absolute atomic E-state index is 0.288. The van der Waals surface area contributed by atoms with E-state index in [1.807, 2.05) is 5.32 Å². The van der Waals surface area contributed by atoms with Crippen LogP contribution in [0.5, 0.6) is 23.0 Å². The molecule has 3 aromatic carbocycles. The first-order valence-corrected chi connectivity index (χ1v) is 11.3. The fourth-order valence-electron chi connectivity index (χ4n) is 3.36. The molecule has 0 bridgehead atoms. The van der Waals surface area contributed by atoms with Crippen LogP contribution in [0, 0.1) is 11.6 Å². The predicted octanol–water partition coefficient (Wildman–Crippen LogP) is 2.92. The molecule has 0 atom stereocenters. The van der Waals surface area contributed by atoms with Crippen LogP contribution in [0.15, 0.2) is 48.5 Å².